The van der Waals surface area contributed by atoms with Crippen LogP contribution in [0.4, 0.5) is 0 Å². The predicted octanol–water partition coefficient (Wildman–Crippen LogP) is 1.45. The van der Waals surface area contributed by atoms with E-state index < -0.39 is 10.0 Å². The lowest BCUT2D eigenvalue weighted by Crippen LogP contribution is -2.34. The minimum Gasteiger partial charge on any atom is -0.354 e. The molecule has 2 heterocycles. The van der Waals surface area contributed by atoms with Gasteiger partial charge in [0.2, 0.25) is 0 Å². The smallest absolute Gasteiger partial charge is 0.285 e. The van der Waals surface area contributed by atoms with Gasteiger partial charge >= 0.3 is 0 Å². The second kappa shape index (κ2) is 5.61. The van der Waals surface area contributed by atoms with E-state index in [1.807, 2.05) is 37.3 Å². The molecule has 1 saturated heterocycles. The Kier molecular flexibility index (Phi) is 3.82. The molecule has 3 rings (SSSR count). The summed E-state index contributed by atoms with van der Waals surface area (Å²) in [7, 11) is -3.59. The van der Waals surface area contributed by atoms with Gasteiger partial charge in [-0.3, -0.25) is 0 Å². The van der Waals surface area contributed by atoms with Gasteiger partial charge in [0.05, 0.1) is 0 Å². The first-order valence-corrected chi connectivity index (χ1v) is 8.61. The maximum Gasteiger partial charge on any atom is 0.285 e. The van der Waals surface area contributed by atoms with Gasteiger partial charge in [-0.15, -0.1) is 4.40 Å². The van der Waals surface area contributed by atoms with Crippen LogP contribution in [0.15, 0.2) is 40.3 Å². The molecule has 0 saturated carbocycles. The topological polar surface area (TPSA) is 61.8 Å². The minimum absolute atomic E-state index is 0.343. The van der Waals surface area contributed by atoms with E-state index in [9.17, 15) is 8.42 Å². The van der Waals surface area contributed by atoms with Crippen LogP contribution in [0, 0.1) is 0 Å². The lowest BCUT2D eigenvalue weighted by atomic mass is 10.1. The molecule has 112 valence electrons. The molecule has 0 aliphatic carbocycles. The fourth-order valence-electron chi connectivity index (χ4n) is 2.83. The summed E-state index contributed by atoms with van der Waals surface area (Å²) in [5.41, 5.74) is 1.46. The molecule has 0 amide bonds. The summed E-state index contributed by atoms with van der Waals surface area (Å²) < 4.78 is 28.9. The first kappa shape index (κ1) is 14.3. The fraction of sp³-hybridized carbons (Fsp3) is 0.400. The van der Waals surface area contributed by atoms with Crippen molar-refractivity contribution in [2.75, 3.05) is 26.2 Å². The molecular formula is C15H19N3O2S. The van der Waals surface area contributed by atoms with Gasteiger partial charge in [0, 0.05) is 25.2 Å². The van der Waals surface area contributed by atoms with Crippen molar-refractivity contribution in [2.45, 2.75) is 13.3 Å². The molecule has 0 aromatic heterocycles. The Labute approximate surface area is 125 Å². The van der Waals surface area contributed by atoms with Crippen molar-refractivity contribution in [3.05, 3.63) is 41.5 Å². The standard InChI is InChI=1S/C15H19N3O2S/c1-12-14(13-6-3-2-4-7-13)21(19,20)17-15(12)18-10-5-8-16-9-11-18/h2-4,6-7,16H,5,8-11H2,1H3. The van der Waals surface area contributed by atoms with Crippen LogP contribution >= 0.6 is 0 Å². The summed E-state index contributed by atoms with van der Waals surface area (Å²) in [5.74, 6) is 0.609. The summed E-state index contributed by atoms with van der Waals surface area (Å²) in [4.78, 5) is 2.42. The summed E-state index contributed by atoms with van der Waals surface area (Å²) in [6.07, 6.45) is 0.993. The molecule has 2 aliphatic rings. The molecule has 6 heteroatoms. The van der Waals surface area contributed by atoms with Crippen LogP contribution in [0.3, 0.4) is 0 Å². The highest BCUT2D eigenvalue weighted by molar-refractivity contribution is 8.00. The molecule has 0 radical (unpaired) electrons. The van der Waals surface area contributed by atoms with Crippen molar-refractivity contribution < 1.29 is 8.42 Å². The molecule has 0 spiro atoms. The first-order valence-electron chi connectivity index (χ1n) is 7.17. The first-order chi connectivity index (χ1) is 10.1. The Bertz CT molecular complexity index is 685. The van der Waals surface area contributed by atoms with E-state index in [2.05, 4.69) is 14.6 Å². The molecule has 0 unspecified atom stereocenters. The summed E-state index contributed by atoms with van der Waals surface area (Å²) >= 11 is 0. The van der Waals surface area contributed by atoms with Gasteiger partial charge in [0.25, 0.3) is 10.0 Å². The molecule has 21 heavy (non-hydrogen) atoms. The van der Waals surface area contributed by atoms with Crippen molar-refractivity contribution in [3.8, 4) is 0 Å². The van der Waals surface area contributed by atoms with E-state index in [-0.39, 0.29) is 0 Å². The van der Waals surface area contributed by atoms with Gasteiger partial charge in [0.1, 0.15) is 10.7 Å². The van der Waals surface area contributed by atoms with E-state index >= 15 is 0 Å². The third-order valence-electron chi connectivity index (χ3n) is 3.82. The molecule has 1 aromatic carbocycles. The van der Waals surface area contributed by atoms with Crippen molar-refractivity contribution in [2.24, 2.45) is 4.40 Å². The quantitative estimate of drug-likeness (QED) is 0.853. The SMILES string of the molecule is CC1=C(c2ccccc2)S(=O)(=O)N=C1N1CCCNCC1. The van der Waals surface area contributed by atoms with Crippen LogP contribution in [0.5, 0.6) is 0 Å². The van der Waals surface area contributed by atoms with Gasteiger partial charge < -0.3 is 10.2 Å². The number of amidine groups is 1. The third kappa shape index (κ3) is 2.73. The largest absolute Gasteiger partial charge is 0.354 e. The van der Waals surface area contributed by atoms with Gasteiger partial charge in [-0.1, -0.05) is 30.3 Å². The zero-order valence-electron chi connectivity index (χ0n) is 12.0. The van der Waals surface area contributed by atoms with E-state index in [4.69, 9.17) is 0 Å². The Morgan fingerprint density at radius 2 is 1.90 bits per heavy atom. The minimum atomic E-state index is -3.59. The molecule has 1 N–H and O–H groups in total. The second-order valence-electron chi connectivity index (χ2n) is 5.30. The van der Waals surface area contributed by atoms with E-state index in [1.54, 1.807) is 0 Å². The van der Waals surface area contributed by atoms with E-state index in [0.29, 0.717) is 16.3 Å². The van der Waals surface area contributed by atoms with Crippen LogP contribution in [-0.2, 0) is 10.0 Å². The average Bonchev–Trinajstić information content (AvgIpc) is 2.66. The van der Waals surface area contributed by atoms with E-state index in [1.165, 1.54) is 0 Å². The number of nitrogens with one attached hydrogen (secondary N) is 1. The molecule has 2 aliphatic heterocycles. The van der Waals surface area contributed by atoms with Crippen molar-refractivity contribution in [3.63, 3.8) is 0 Å². The molecule has 5 nitrogen and oxygen atoms in total. The number of sulfonamides is 1. The Morgan fingerprint density at radius 3 is 2.67 bits per heavy atom. The Hall–Kier alpha value is -1.66. The summed E-state index contributed by atoms with van der Waals surface area (Å²) in [5, 5.41) is 3.32. The predicted molar refractivity (Wildman–Crippen MR) is 84.5 cm³/mol. The van der Waals surface area contributed by atoms with E-state index in [0.717, 1.165) is 38.2 Å². The number of hydrogen-bond donors (Lipinski definition) is 1. The summed E-state index contributed by atoms with van der Waals surface area (Å²) in [6.45, 7) is 5.29. The van der Waals surface area contributed by atoms with Crippen LogP contribution < -0.4 is 5.32 Å². The number of rotatable bonds is 1. The second-order valence-corrected chi connectivity index (χ2v) is 6.84. The van der Waals surface area contributed by atoms with Crippen LogP contribution in [0.2, 0.25) is 0 Å². The third-order valence-corrected chi connectivity index (χ3v) is 5.29. The molecule has 0 bridgehead atoms. The van der Waals surface area contributed by atoms with Crippen molar-refractivity contribution >= 4 is 20.8 Å². The maximum absolute atomic E-state index is 12.4. The average molecular weight is 305 g/mol. The zero-order valence-corrected chi connectivity index (χ0v) is 12.9. The zero-order chi connectivity index (χ0) is 14.9. The monoisotopic (exact) mass is 305 g/mol. The fourth-order valence-corrected chi connectivity index (χ4v) is 4.31. The maximum atomic E-state index is 12.4. The van der Waals surface area contributed by atoms with Crippen LogP contribution in [0.25, 0.3) is 4.91 Å². The number of hydrogen-bond acceptors (Lipinski definition) is 4. The molecule has 1 aromatic rings. The number of nitrogens with zero attached hydrogens (tertiary/aromatic N) is 2. The molecular weight excluding hydrogens is 286 g/mol. The summed E-state index contributed by atoms with van der Waals surface area (Å²) in [6, 6.07) is 9.21. The van der Waals surface area contributed by atoms with Crippen LogP contribution in [0.1, 0.15) is 18.9 Å². The van der Waals surface area contributed by atoms with Gasteiger partial charge in [-0.2, -0.15) is 8.42 Å². The lowest BCUT2D eigenvalue weighted by Gasteiger charge is -2.22. The highest BCUT2D eigenvalue weighted by Crippen LogP contribution is 2.33. The van der Waals surface area contributed by atoms with Gasteiger partial charge in [0.15, 0.2) is 0 Å². The molecule has 0 atom stereocenters. The van der Waals surface area contributed by atoms with Gasteiger partial charge in [-0.25, -0.2) is 0 Å². The Morgan fingerprint density at radius 1 is 1.14 bits per heavy atom. The lowest BCUT2D eigenvalue weighted by molar-refractivity contribution is 0.447. The highest BCUT2D eigenvalue weighted by atomic mass is 32.2. The highest BCUT2D eigenvalue weighted by Gasteiger charge is 2.33. The molecule has 1 fully saturated rings. The van der Waals surface area contributed by atoms with Gasteiger partial charge in [-0.05, 0) is 25.5 Å². The Balaban J connectivity index is 2.02. The number of benzene rings is 1. The van der Waals surface area contributed by atoms with Crippen LogP contribution in [-0.4, -0.2) is 45.3 Å². The van der Waals surface area contributed by atoms with Crippen molar-refractivity contribution in [1.82, 2.24) is 10.2 Å². The van der Waals surface area contributed by atoms with Crippen molar-refractivity contribution in [1.29, 1.82) is 0 Å². The normalized spacial score (nSPS) is 22.1.